The molecular weight excluding hydrogens is 571 g/mol. The normalized spacial score (nSPS) is 25.7. The van der Waals surface area contributed by atoms with Crippen LogP contribution in [0.2, 0.25) is 0 Å². The first-order valence-corrected chi connectivity index (χ1v) is 15.0. The molecule has 0 spiro atoms. The lowest BCUT2D eigenvalue weighted by molar-refractivity contribution is -0.137. The fourth-order valence-corrected chi connectivity index (χ4v) is 7.22. The van der Waals surface area contributed by atoms with Crippen LogP contribution in [0.15, 0.2) is 67.3 Å². The number of imidazole rings is 1. The van der Waals surface area contributed by atoms with Crippen molar-refractivity contribution in [1.82, 2.24) is 34.7 Å². The fourth-order valence-electron chi connectivity index (χ4n) is 7.22. The molecule has 3 aromatic heterocycles. The van der Waals surface area contributed by atoms with Crippen LogP contribution in [0.25, 0.3) is 22.8 Å². The van der Waals surface area contributed by atoms with Crippen molar-refractivity contribution in [3.05, 3.63) is 84.2 Å². The van der Waals surface area contributed by atoms with Gasteiger partial charge in [0.15, 0.2) is 5.82 Å². The number of amides is 1. The van der Waals surface area contributed by atoms with E-state index in [2.05, 4.69) is 29.8 Å². The van der Waals surface area contributed by atoms with Crippen LogP contribution in [0.5, 0.6) is 0 Å². The van der Waals surface area contributed by atoms with Crippen LogP contribution in [0.3, 0.4) is 0 Å². The number of aromatic nitrogens is 5. The number of carbonyl (C=O) groups excluding carboxylic acids is 1. The molecule has 2 N–H and O–H groups in total. The number of benzene rings is 1. The summed E-state index contributed by atoms with van der Waals surface area (Å²) in [5.74, 6) is 0.646. The van der Waals surface area contributed by atoms with Crippen molar-refractivity contribution in [3.8, 4) is 22.8 Å². The van der Waals surface area contributed by atoms with Crippen molar-refractivity contribution in [2.75, 3.05) is 13.1 Å². The zero-order chi connectivity index (χ0) is 30.5. The van der Waals surface area contributed by atoms with E-state index >= 15 is 0 Å². The summed E-state index contributed by atoms with van der Waals surface area (Å²) >= 11 is 0. The third-order valence-corrected chi connectivity index (χ3v) is 9.47. The first kappa shape index (κ1) is 28.6. The van der Waals surface area contributed by atoms with Crippen molar-refractivity contribution in [2.24, 2.45) is 0 Å². The minimum Gasteiger partial charge on any atom is -0.384 e. The number of H-pyrrole nitrogens is 1. The second-order valence-corrected chi connectivity index (χ2v) is 11.9. The predicted octanol–water partition coefficient (Wildman–Crippen LogP) is 5.07. The molecule has 228 valence electrons. The molecule has 1 aromatic carbocycles. The van der Waals surface area contributed by atoms with E-state index in [0.29, 0.717) is 36.9 Å². The zero-order valence-electron chi connectivity index (χ0n) is 23.9. The van der Waals surface area contributed by atoms with Crippen LogP contribution in [-0.2, 0) is 11.8 Å². The highest BCUT2D eigenvalue weighted by molar-refractivity contribution is 5.93. The van der Waals surface area contributed by atoms with E-state index in [0.717, 1.165) is 49.9 Å². The van der Waals surface area contributed by atoms with E-state index in [1.165, 1.54) is 12.3 Å². The molecule has 7 rings (SSSR count). The largest absolute Gasteiger partial charge is 0.416 e. The number of halogens is 3. The van der Waals surface area contributed by atoms with Crippen molar-refractivity contribution in [2.45, 2.75) is 68.4 Å². The van der Waals surface area contributed by atoms with Crippen LogP contribution in [0.4, 0.5) is 13.2 Å². The molecule has 3 fully saturated rings. The van der Waals surface area contributed by atoms with Gasteiger partial charge in [0.2, 0.25) is 0 Å². The highest BCUT2D eigenvalue weighted by atomic mass is 19.4. The average molecular weight is 604 g/mol. The first-order valence-electron chi connectivity index (χ1n) is 15.0. The summed E-state index contributed by atoms with van der Waals surface area (Å²) in [6.45, 7) is 1.49. The smallest absolute Gasteiger partial charge is 0.384 e. The second kappa shape index (κ2) is 11.1. The number of alkyl halides is 3. The molecule has 1 aliphatic carbocycles. The van der Waals surface area contributed by atoms with Gasteiger partial charge in [-0.3, -0.25) is 14.7 Å². The van der Waals surface area contributed by atoms with Gasteiger partial charge in [0.25, 0.3) is 5.91 Å². The number of pyridine rings is 1. The van der Waals surface area contributed by atoms with E-state index in [1.807, 2.05) is 17.0 Å². The lowest BCUT2D eigenvalue weighted by atomic mass is 9.79. The zero-order valence-corrected chi connectivity index (χ0v) is 23.9. The number of rotatable bonds is 5. The molecule has 2 unspecified atom stereocenters. The molecule has 1 saturated carbocycles. The molecule has 0 bridgehead atoms. The molecule has 9 nitrogen and oxygen atoms in total. The van der Waals surface area contributed by atoms with Crippen molar-refractivity contribution >= 4 is 5.91 Å². The molecule has 12 heteroatoms. The number of carbonyl (C=O) groups is 1. The number of aliphatic hydroxyl groups is 1. The molecule has 2 aliphatic heterocycles. The van der Waals surface area contributed by atoms with Gasteiger partial charge in [-0.25, -0.2) is 15.0 Å². The van der Waals surface area contributed by atoms with Crippen molar-refractivity contribution in [1.29, 1.82) is 0 Å². The Kier molecular flexibility index (Phi) is 7.20. The summed E-state index contributed by atoms with van der Waals surface area (Å²) in [6, 6.07) is 11.1. The number of likely N-dealkylation sites (tertiary alicyclic amines) is 2. The van der Waals surface area contributed by atoms with Gasteiger partial charge in [-0.2, -0.15) is 13.2 Å². The van der Waals surface area contributed by atoms with E-state index in [4.69, 9.17) is 0 Å². The number of hydrogen-bond donors (Lipinski definition) is 2. The number of hydrogen-bond acceptors (Lipinski definition) is 7. The van der Waals surface area contributed by atoms with Gasteiger partial charge < -0.3 is 15.0 Å². The second-order valence-electron chi connectivity index (χ2n) is 11.9. The third kappa shape index (κ3) is 5.26. The summed E-state index contributed by atoms with van der Waals surface area (Å²) in [7, 11) is 0. The Morgan fingerprint density at radius 2 is 1.66 bits per heavy atom. The Morgan fingerprint density at radius 3 is 2.39 bits per heavy atom. The molecule has 1 amide bonds. The lowest BCUT2D eigenvalue weighted by Gasteiger charge is -2.41. The Balaban J connectivity index is 0.981. The molecule has 0 radical (unpaired) electrons. The summed E-state index contributed by atoms with van der Waals surface area (Å²) in [6.07, 6.45) is 6.63. The van der Waals surface area contributed by atoms with Gasteiger partial charge in [-0.1, -0.05) is 12.1 Å². The maximum atomic E-state index is 13.5. The van der Waals surface area contributed by atoms with Crippen molar-refractivity contribution in [3.63, 3.8) is 0 Å². The van der Waals surface area contributed by atoms with Gasteiger partial charge in [0.05, 0.1) is 17.5 Å². The highest BCUT2D eigenvalue weighted by Gasteiger charge is 2.48. The van der Waals surface area contributed by atoms with Crippen LogP contribution in [0.1, 0.15) is 60.3 Å². The Morgan fingerprint density at radius 1 is 0.886 bits per heavy atom. The Labute approximate surface area is 252 Å². The molecule has 3 aliphatic rings. The third-order valence-electron chi connectivity index (χ3n) is 9.47. The lowest BCUT2D eigenvalue weighted by Crippen LogP contribution is -2.46. The topological polar surface area (TPSA) is 111 Å². The monoisotopic (exact) mass is 603 g/mol. The van der Waals surface area contributed by atoms with Crippen LogP contribution in [-0.4, -0.2) is 76.9 Å². The van der Waals surface area contributed by atoms with E-state index in [-0.39, 0.29) is 35.1 Å². The SMILES string of the molecule is O=C(c1cnc(-c2cccc(C(F)(F)F)c2)[nH]1)N1CCC2C1CCN2[C@H]1CC[C@@](O)(c2ccc(-c3ncccn3)cn2)CC1. The predicted molar refractivity (Wildman–Crippen MR) is 155 cm³/mol. The van der Waals surface area contributed by atoms with Gasteiger partial charge in [0.1, 0.15) is 17.1 Å². The summed E-state index contributed by atoms with van der Waals surface area (Å²) in [5.41, 5.74) is 0.270. The van der Waals surface area contributed by atoms with Gasteiger partial charge >= 0.3 is 6.18 Å². The number of nitrogens with one attached hydrogen (secondary N) is 1. The fraction of sp³-hybridized carbons (Fsp3) is 0.406. The molecule has 2 atom stereocenters. The minimum atomic E-state index is -4.46. The number of nitrogens with zero attached hydrogens (tertiary/aromatic N) is 6. The molecule has 4 aromatic rings. The minimum absolute atomic E-state index is 0.0676. The first-order chi connectivity index (χ1) is 21.2. The number of fused-ring (bicyclic) bond motifs is 1. The Hall–Kier alpha value is -4.16. The van der Waals surface area contributed by atoms with E-state index in [9.17, 15) is 23.1 Å². The molecule has 44 heavy (non-hydrogen) atoms. The average Bonchev–Trinajstić information content (AvgIpc) is 3.79. The quantitative estimate of drug-likeness (QED) is 0.328. The highest BCUT2D eigenvalue weighted by Crippen LogP contribution is 2.42. The summed E-state index contributed by atoms with van der Waals surface area (Å²) in [5, 5.41) is 11.5. The van der Waals surface area contributed by atoms with E-state index in [1.54, 1.807) is 30.7 Å². The summed E-state index contributed by atoms with van der Waals surface area (Å²) < 4.78 is 39.5. The maximum Gasteiger partial charge on any atom is 0.416 e. The van der Waals surface area contributed by atoms with Gasteiger partial charge in [-0.15, -0.1) is 0 Å². The van der Waals surface area contributed by atoms with Gasteiger partial charge in [-0.05, 0) is 68.9 Å². The summed E-state index contributed by atoms with van der Waals surface area (Å²) in [4.78, 5) is 38.2. The Bertz CT molecular complexity index is 1640. The molecule has 2 saturated heterocycles. The maximum absolute atomic E-state index is 13.5. The van der Waals surface area contributed by atoms with Gasteiger partial charge in [0, 0.05) is 60.9 Å². The molecular formula is C32H32F3N7O2. The van der Waals surface area contributed by atoms with Crippen LogP contribution in [0, 0.1) is 0 Å². The van der Waals surface area contributed by atoms with Crippen LogP contribution >= 0.6 is 0 Å². The standard InChI is InChI=1S/C32H32F3N7O2/c33-32(34,35)22-4-1-3-20(17-22)29-39-19-24(40-29)30(43)42-16-10-25-26(42)9-15-41(25)23-7-11-31(44,12-8-23)27-6-5-21(18-38-27)28-36-13-2-14-37-28/h1-6,13-14,17-19,23,25-26,44H,7-12,15-16H2,(H,39,40)/t23-,25?,26?,31-. The van der Waals surface area contributed by atoms with Crippen LogP contribution < -0.4 is 0 Å². The number of aromatic amines is 1. The van der Waals surface area contributed by atoms with Crippen molar-refractivity contribution < 1.29 is 23.1 Å². The van der Waals surface area contributed by atoms with E-state index < -0.39 is 17.3 Å². The molecule has 5 heterocycles.